The second kappa shape index (κ2) is 17.3. The fraction of sp³-hybridized carbons (Fsp3) is 0.643. The molecule has 11 heteroatoms. The van der Waals surface area contributed by atoms with Crippen LogP contribution in [-0.4, -0.2) is 56.2 Å². The van der Waals surface area contributed by atoms with Gasteiger partial charge in [-0.15, -0.1) is 0 Å². The van der Waals surface area contributed by atoms with Crippen molar-refractivity contribution < 1.29 is 47.6 Å². The van der Waals surface area contributed by atoms with Gasteiger partial charge in [-0.25, -0.2) is 9.59 Å². The molecular formula is C28H43NO10. The second-order valence-corrected chi connectivity index (χ2v) is 9.98. The van der Waals surface area contributed by atoms with Gasteiger partial charge in [0.2, 0.25) is 0 Å². The molecule has 0 amide bonds. The molecule has 39 heavy (non-hydrogen) atoms. The number of hydrogen-bond donors (Lipinski definition) is 1. The first kappa shape index (κ1) is 33.7. The normalized spacial score (nSPS) is 14.0. The van der Waals surface area contributed by atoms with Crippen LogP contribution in [0.2, 0.25) is 0 Å². The Labute approximate surface area is 230 Å². The van der Waals surface area contributed by atoms with E-state index in [-0.39, 0.29) is 55.5 Å². The molecule has 0 aliphatic rings. The van der Waals surface area contributed by atoms with Crippen LogP contribution in [0.1, 0.15) is 66.9 Å². The molecule has 1 aromatic rings. The number of rotatable bonds is 15. The zero-order valence-corrected chi connectivity index (χ0v) is 24.0. The standard InChI is InChI=1S/C28H43NO10/c1-8-18(5)14-35-27(32)38-23-11-10-21(13-24(23)39-28(33)36-15-19(6)9-2)12-22(29)26(31)34-16-20(7)37-25(30)17(3)4/h10-11,13,17-20,22H,8-9,12,14-16,29H2,1-7H3/t18?,19?,20-,22-/m0/s1. The molecule has 0 radical (unpaired) electrons. The Bertz CT molecular complexity index is 948. The minimum Gasteiger partial charge on any atom is -0.461 e. The third-order valence-corrected chi connectivity index (χ3v) is 5.77. The maximum absolute atomic E-state index is 12.4. The lowest BCUT2D eigenvalue weighted by Gasteiger charge is -2.17. The van der Waals surface area contributed by atoms with Crippen molar-refractivity contribution in [3.63, 3.8) is 0 Å². The molecule has 0 aromatic heterocycles. The lowest BCUT2D eigenvalue weighted by molar-refractivity contribution is -0.161. The average Bonchev–Trinajstić information content (AvgIpc) is 2.89. The zero-order valence-electron chi connectivity index (χ0n) is 24.0. The highest BCUT2D eigenvalue weighted by molar-refractivity contribution is 5.76. The van der Waals surface area contributed by atoms with E-state index >= 15 is 0 Å². The van der Waals surface area contributed by atoms with E-state index in [2.05, 4.69) is 0 Å². The maximum atomic E-state index is 12.4. The number of carbonyl (C=O) groups is 4. The first-order chi connectivity index (χ1) is 18.4. The summed E-state index contributed by atoms with van der Waals surface area (Å²) in [6.07, 6.45) is -0.896. The van der Waals surface area contributed by atoms with Crippen molar-refractivity contribution in [1.82, 2.24) is 0 Å². The van der Waals surface area contributed by atoms with Crippen molar-refractivity contribution in [1.29, 1.82) is 0 Å². The fourth-order valence-corrected chi connectivity index (χ4v) is 2.75. The van der Waals surface area contributed by atoms with E-state index in [1.165, 1.54) is 12.1 Å². The SMILES string of the molecule is CCC(C)COC(=O)Oc1ccc(C[C@H](N)C(=O)OC[C@H](C)OC(=O)C(C)C)cc1OC(=O)OCC(C)CC. The van der Waals surface area contributed by atoms with E-state index in [0.29, 0.717) is 5.56 Å². The fourth-order valence-electron chi connectivity index (χ4n) is 2.75. The van der Waals surface area contributed by atoms with E-state index in [1.807, 2.05) is 27.7 Å². The molecule has 1 aromatic carbocycles. The molecule has 11 nitrogen and oxygen atoms in total. The Kier molecular flexibility index (Phi) is 14.9. The van der Waals surface area contributed by atoms with Crippen LogP contribution >= 0.6 is 0 Å². The van der Waals surface area contributed by atoms with Crippen LogP contribution in [-0.2, 0) is 35.0 Å². The molecule has 220 valence electrons. The van der Waals surface area contributed by atoms with Gasteiger partial charge in [-0.3, -0.25) is 9.59 Å². The molecule has 0 saturated carbocycles. The van der Waals surface area contributed by atoms with Gasteiger partial charge in [0, 0.05) is 0 Å². The van der Waals surface area contributed by atoms with Gasteiger partial charge in [-0.1, -0.05) is 60.5 Å². The van der Waals surface area contributed by atoms with Gasteiger partial charge in [0.1, 0.15) is 18.8 Å². The first-order valence-electron chi connectivity index (χ1n) is 13.3. The smallest absolute Gasteiger partial charge is 0.461 e. The molecule has 2 unspecified atom stereocenters. The van der Waals surface area contributed by atoms with Crippen LogP contribution in [0.15, 0.2) is 18.2 Å². The Morgan fingerprint density at radius 3 is 1.79 bits per heavy atom. The molecule has 2 N–H and O–H groups in total. The summed E-state index contributed by atoms with van der Waals surface area (Å²) in [6, 6.07) is 3.33. The second-order valence-electron chi connectivity index (χ2n) is 9.98. The molecule has 0 heterocycles. The van der Waals surface area contributed by atoms with Gasteiger partial charge in [-0.2, -0.15) is 0 Å². The van der Waals surface area contributed by atoms with Crippen molar-refractivity contribution >= 4 is 24.2 Å². The van der Waals surface area contributed by atoms with Gasteiger partial charge in [0.15, 0.2) is 11.5 Å². The van der Waals surface area contributed by atoms with E-state index in [9.17, 15) is 19.2 Å². The van der Waals surface area contributed by atoms with Crippen LogP contribution in [0.5, 0.6) is 11.5 Å². The third kappa shape index (κ3) is 13.3. The van der Waals surface area contributed by atoms with Gasteiger partial charge >= 0.3 is 24.2 Å². The van der Waals surface area contributed by atoms with Crippen molar-refractivity contribution in [2.45, 2.75) is 79.9 Å². The van der Waals surface area contributed by atoms with Crippen LogP contribution in [0.25, 0.3) is 0 Å². The summed E-state index contributed by atoms with van der Waals surface area (Å²) in [5.74, 6) is -1.28. The summed E-state index contributed by atoms with van der Waals surface area (Å²) in [6.45, 7) is 13.0. The van der Waals surface area contributed by atoms with Crippen molar-refractivity contribution in [2.24, 2.45) is 23.5 Å². The van der Waals surface area contributed by atoms with E-state index in [0.717, 1.165) is 12.8 Å². The molecule has 0 aliphatic heterocycles. The van der Waals surface area contributed by atoms with Crippen LogP contribution < -0.4 is 15.2 Å². The highest BCUT2D eigenvalue weighted by Gasteiger charge is 2.22. The number of ether oxygens (including phenoxy) is 6. The molecule has 0 spiro atoms. The summed E-state index contributed by atoms with van der Waals surface area (Å²) >= 11 is 0. The topological polar surface area (TPSA) is 150 Å². The number of benzene rings is 1. The highest BCUT2D eigenvalue weighted by atomic mass is 16.7. The van der Waals surface area contributed by atoms with Crippen LogP contribution in [0.3, 0.4) is 0 Å². The van der Waals surface area contributed by atoms with Crippen molar-refractivity contribution in [2.75, 3.05) is 19.8 Å². The summed E-state index contributed by atoms with van der Waals surface area (Å²) < 4.78 is 31.2. The molecular weight excluding hydrogens is 510 g/mol. The Balaban J connectivity index is 2.90. The van der Waals surface area contributed by atoms with Gasteiger partial charge in [0.25, 0.3) is 0 Å². The number of esters is 2. The van der Waals surface area contributed by atoms with E-state index in [4.69, 9.17) is 34.2 Å². The molecule has 0 aliphatic carbocycles. The predicted octanol–water partition coefficient (Wildman–Crippen LogP) is 4.81. The summed E-state index contributed by atoms with van der Waals surface area (Å²) in [7, 11) is 0. The number of nitrogens with two attached hydrogens (primary N) is 1. The van der Waals surface area contributed by atoms with Crippen LogP contribution in [0, 0.1) is 17.8 Å². The molecule has 4 atom stereocenters. The Hall–Kier alpha value is -3.34. The largest absolute Gasteiger partial charge is 0.513 e. The lowest BCUT2D eigenvalue weighted by atomic mass is 10.1. The molecule has 0 fully saturated rings. The molecule has 0 bridgehead atoms. The van der Waals surface area contributed by atoms with Gasteiger partial charge < -0.3 is 34.2 Å². The number of hydrogen-bond acceptors (Lipinski definition) is 11. The maximum Gasteiger partial charge on any atom is 0.513 e. The molecule has 1 rings (SSSR count). The van der Waals surface area contributed by atoms with Crippen LogP contribution in [0.4, 0.5) is 9.59 Å². The monoisotopic (exact) mass is 553 g/mol. The quantitative estimate of drug-likeness (QED) is 0.181. The zero-order chi connectivity index (χ0) is 29.5. The van der Waals surface area contributed by atoms with Gasteiger partial charge in [0.05, 0.1) is 19.1 Å². The predicted molar refractivity (Wildman–Crippen MR) is 142 cm³/mol. The average molecular weight is 554 g/mol. The minimum absolute atomic E-state index is 0.0238. The summed E-state index contributed by atoms with van der Waals surface area (Å²) in [4.78, 5) is 48.5. The first-order valence-corrected chi connectivity index (χ1v) is 13.3. The van der Waals surface area contributed by atoms with Gasteiger partial charge in [-0.05, 0) is 42.9 Å². The number of carbonyl (C=O) groups excluding carboxylic acids is 4. The minimum atomic E-state index is -1.06. The molecule has 0 saturated heterocycles. The van der Waals surface area contributed by atoms with E-state index in [1.54, 1.807) is 26.8 Å². The van der Waals surface area contributed by atoms with Crippen molar-refractivity contribution in [3.05, 3.63) is 23.8 Å². The summed E-state index contributed by atoms with van der Waals surface area (Å²) in [5.41, 5.74) is 6.52. The van der Waals surface area contributed by atoms with Crippen molar-refractivity contribution in [3.8, 4) is 11.5 Å². The highest BCUT2D eigenvalue weighted by Crippen LogP contribution is 2.30. The Morgan fingerprint density at radius 1 is 0.744 bits per heavy atom. The Morgan fingerprint density at radius 2 is 1.28 bits per heavy atom. The van der Waals surface area contributed by atoms with E-state index < -0.39 is 36.4 Å². The third-order valence-electron chi connectivity index (χ3n) is 5.77. The summed E-state index contributed by atoms with van der Waals surface area (Å²) in [5, 5.41) is 0. The lowest BCUT2D eigenvalue weighted by Crippen LogP contribution is -2.36.